The van der Waals surface area contributed by atoms with E-state index in [1.807, 2.05) is 0 Å². The van der Waals surface area contributed by atoms with Crippen molar-refractivity contribution in [3.05, 3.63) is 0 Å². The van der Waals surface area contributed by atoms with E-state index < -0.39 is 24.3 Å². The minimum absolute atomic E-state index is 0.0862. The summed E-state index contributed by atoms with van der Waals surface area (Å²) in [5, 5.41) is 12.0. The number of ether oxygens (including phenoxy) is 1. The number of carbonyl (C=O) groups excluding carboxylic acids is 2. The molecule has 26 heavy (non-hydrogen) atoms. The number of alkyl carbamates (subject to hydrolysis) is 1. The maximum absolute atomic E-state index is 12.7. The Bertz CT molecular complexity index is 504. The van der Waals surface area contributed by atoms with E-state index in [1.54, 1.807) is 18.7 Å². The molecule has 2 fully saturated rings. The molecular formula is C18H34N4O4. The summed E-state index contributed by atoms with van der Waals surface area (Å²) in [6.45, 7) is 7.71. The normalized spacial score (nSPS) is 22.6. The third kappa shape index (κ3) is 6.10. The Morgan fingerprint density at radius 2 is 1.85 bits per heavy atom. The number of amides is 2. The molecule has 150 valence electrons. The lowest BCUT2D eigenvalue weighted by Gasteiger charge is -2.42. The molecule has 2 heterocycles. The van der Waals surface area contributed by atoms with Crippen molar-refractivity contribution in [3.8, 4) is 0 Å². The highest BCUT2D eigenvalue weighted by atomic mass is 16.6. The zero-order chi connectivity index (χ0) is 20.0. The smallest absolute Gasteiger partial charge is 0.408 e. The van der Waals surface area contributed by atoms with Crippen LogP contribution in [-0.4, -0.2) is 102 Å². The van der Waals surface area contributed by atoms with Crippen molar-refractivity contribution < 1.29 is 20.8 Å². The quantitative estimate of drug-likeness (QED) is 0.730. The van der Waals surface area contributed by atoms with E-state index in [0.717, 1.165) is 39.0 Å². The number of nitrogens with zero attached hydrogens (tertiary/aromatic N) is 3. The van der Waals surface area contributed by atoms with Crippen LogP contribution < -0.4 is 5.32 Å². The molecule has 0 bridgehead atoms. The number of hydrogen-bond donors (Lipinski definition) is 2. The van der Waals surface area contributed by atoms with Crippen LogP contribution >= 0.6 is 0 Å². The summed E-state index contributed by atoms with van der Waals surface area (Å²) < 4.78 is 12.5. The number of rotatable bonds is 4. The van der Waals surface area contributed by atoms with Crippen LogP contribution in [0.25, 0.3) is 0 Å². The van der Waals surface area contributed by atoms with Gasteiger partial charge in [-0.05, 0) is 53.7 Å². The van der Waals surface area contributed by atoms with Gasteiger partial charge in [0.2, 0.25) is 5.91 Å². The molecule has 8 heteroatoms. The molecule has 0 saturated carbocycles. The lowest BCUT2D eigenvalue weighted by atomic mass is 10.0. The molecule has 2 rings (SSSR count). The number of piperidine rings is 1. The van der Waals surface area contributed by atoms with Crippen molar-refractivity contribution in [2.45, 2.75) is 51.3 Å². The molecular weight excluding hydrogens is 336 g/mol. The number of aliphatic hydroxyl groups excluding tert-OH is 1. The molecule has 0 spiro atoms. The fraction of sp³-hybridized carbons (Fsp3) is 0.889. The van der Waals surface area contributed by atoms with E-state index in [4.69, 9.17) is 6.11 Å². The van der Waals surface area contributed by atoms with Crippen LogP contribution in [0, 0.1) is 0 Å². The first-order valence-electron chi connectivity index (χ1n) is 10.1. The topological polar surface area (TPSA) is 85.3 Å². The Kier molecular flexibility index (Phi) is 6.72. The predicted octanol–water partition coefficient (Wildman–Crippen LogP) is 0.110. The maximum atomic E-state index is 12.7. The van der Waals surface area contributed by atoms with Crippen molar-refractivity contribution in [1.29, 1.82) is 0 Å². The van der Waals surface area contributed by atoms with Crippen LogP contribution in [-0.2, 0) is 9.53 Å². The van der Waals surface area contributed by atoms with Gasteiger partial charge in [-0.25, -0.2) is 4.79 Å². The van der Waals surface area contributed by atoms with Gasteiger partial charge in [0.05, 0.1) is 6.61 Å². The van der Waals surface area contributed by atoms with Crippen LogP contribution in [0.3, 0.4) is 0 Å². The summed E-state index contributed by atoms with van der Waals surface area (Å²) in [5.74, 6) is -0.291. The van der Waals surface area contributed by atoms with Gasteiger partial charge in [-0.1, -0.05) is 0 Å². The molecule has 0 radical (unpaired) electrons. The number of aliphatic hydroxyl groups is 1. The number of hydrogen-bond acceptors (Lipinski definition) is 6. The van der Waals surface area contributed by atoms with Crippen LogP contribution in [0.4, 0.5) is 4.79 Å². The Balaban J connectivity index is 1.81. The Labute approximate surface area is 157 Å². The van der Waals surface area contributed by atoms with Crippen LogP contribution in [0.15, 0.2) is 0 Å². The summed E-state index contributed by atoms with van der Waals surface area (Å²) >= 11 is 0. The second-order valence-electron chi connectivity index (χ2n) is 7.92. The van der Waals surface area contributed by atoms with E-state index in [1.165, 1.54) is 0 Å². The van der Waals surface area contributed by atoms with E-state index in [0.29, 0.717) is 19.1 Å². The minimum Gasteiger partial charge on any atom is -0.444 e. The number of nitrogens with one attached hydrogen (secondary N) is 1. The molecule has 0 aromatic heterocycles. The molecule has 0 aromatic rings. The zero-order valence-corrected chi connectivity index (χ0v) is 16.2. The first kappa shape index (κ1) is 19.4. The van der Waals surface area contributed by atoms with Gasteiger partial charge in [-0.3, -0.25) is 9.69 Å². The van der Waals surface area contributed by atoms with Crippen LogP contribution in [0.1, 0.15) is 35.0 Å². The highest BCUT2D eigenvalue weighted by molar-refractivity contribution is 5.86. The summed E-state index contributed by atoms with van der Waals surface area (Å²) in [6, 6.07) is -0.443. The molecule has 2 aliphatic rings. The number of piperazine rings is 1. The molecule has 8 nitrogen and oxygen atoms in total. The first-order chi connectivity index (χ1) is 12.8. The van der Waals surface area contributed by atoms with Gasteiger partial charge in [0.15, 0.2) is 0 Å². The summed E-state index contributed by atoms with van der Waals surface area (Å²) in [4.78, 5) is 31.1. The van der Waals surface area contributed by atoms with Gasteiger partial charge in [-0.15, -0.1) is 0 Å². The maximum Gasteiger partial charge on any atom is 0.408 e. The molecule has 0 aliphatic carbocycles. The molecule has 0 aromatic carbocycles. The van der Waals surface area contributed by atoms with Gasteiger partial charge < -0.3 is 25.0 Å². The summed E-state index contributed by atoms with van der Waals surface area (Å²) in [6.07, 6.45) is 1.52. The van der Waals surface area contributed by atoms with Crippen molar-refractivity contribution in [1.82, 2.24) is 20.0 Å². The molecule has 0 unspecified atom stereocenters. The van der Waals surface area contributed by atoms with Crippen molar-refractivity contribution >= 4 is 12.0 Å². The van der Waals surface area contributed by atoms with Crippen molar-refractivity contribution in [2.75, 3.05) is 52.9 Å². The standard InChI is InChI=1S/C18H34N4O4/c1-18(2,3)26-17(25)19-15(13-23)16(24)22-11-9-21(10-12-22)14-5-7-20(4)8-6-14/h14-15,23H,5-13H2,1-4H3,(H,19,25)/t15-/m0/s1/i1D. The lowest BCUT2D eigenvalue weighted by molar-refractivity contribution is -0.136. The highest BCUT2D eigenvalue weighted by Crippen LogP contribution is 2.17. The molecule has 2 amide bonds. The van der Waals surface area contributed by atoms with E-state index in [9.17, 15) is 14.7 Å². The lowest BCUT2D eigenvalue weighted by Crippen LogP contribution is -2.58. The molecule has 2 aliphatic heterocycles. The molecule has 2 saturated heterocycles. The second-order valence-corrected chi connectivity index (χ2v) is 7.92. The number of carbonyl (C=O) groups is 2. The number of likely N-dealkylation sites (tertiary alicyclic amines) is 1. The van der Waals surface area contributed by atoms with Gasteiger partial charge in [0, 0.05) is 33.6 Å². The Hall–Kier alpha value is -1.38. The average molecular weight is 372 g/mol. The highest BCUT2D eigenvalue weighted by Gasteiger charge is 2.32. The predicted molar refractivity (Wildman–Crippen MR) is 98.9 cm³/mol. The van der Waals surface area contributed by atoms with Crippen molar-refractivity contribution in [3.63, 3.8) is 0 Å². The van der Waals surface area contributed by atoms with Gasteiger partial charge in [-0.2, -0.15) is 0 Å². The van der Waals surface area contributed by atoms with E-state index >= 15 is 0 Å². The van der Waals surface area contributed by atoms with Crippen molar-refractivity contribution in [2.24, 2.45) is 0 Å². The fourth-order valence-corrected chi connectivity index (χ4v) is 3.50. The van der Waals surface area contributed by atoms with E-state index in [2.05, 4.69) is 22.2 Å². The van der Waals surface area contributed by atoms with Gasteiger partial charge in [0.1, 0.15) is 11.6 Å². The summed E-state index contributed by atoms with van der Waals surface area (Å²) in [7, 11) is 2.14. The largest absolute Gasteiger partial charge is 0.444 e. The second kappa shape index (κ2) is 9.01. The SMILES string of the molecule is [2H]CC(C)(C)OC(=O)N[C@@H](CO)C(=O)N1CCN(C2CCN(C)CC2)CC1. The Morgan fingerprint density at radius 3 is 2.38 bits per heavy atom. The average Bonchev–Trinajstić information content (AvgIpc) is 2.66. The first-order valence-corrected chi connectivity index (χ1v) is 9.36. The monoisotopic (exact) mass is 371 g/mol. The van der Waals surface area contributed by atoms with E-state index in [-0.39, 0.29) is 12.8 Å². The van der Waals surface area contributed by atoms with Crippen LogP contribution in [0.5, 0.6) is 0 Å². The Morgan fingerprint density at radius 1 is 1.23 bits per heavy atom. The molecule has 1 atom stereocenters. The van der Waals surface area contributed by atoms with Gasteiger partial charge >= 0.3 is 6.09 Å². The third-order valence-electron chi connectivity index (χ3n) is 4.97. The fourth-order valence-electron chi connectivity index (χ4n) is 3.50. The third-order valence-corrected chi connectivity index (χ3v) is 4.97. The van der Waals surface area contributed by atoms with Crippen LogP contribution in [0.2, 0.25) is 0 Å². The van der Waals surface area contributed by atoms with Gasteiger partial charge in [0.25, 0.3) is 0 Å². The summed E-state index contributed by atoms with van der Waals surface area (Å²) in [5.41, 5.74) is -0.938. The minimum atomic E-state index is -1.02. The zero-order valence-electron chi connectivity index (χ0n) is 17.2. The molecule has 2 N–H and O–H groups in total.